The van der Waals surface area contributed by atoms with Gasteiger partial charge in [0.15, 0.2) is 0 Å². The molecular weight excluding hydrogens is 422 g/mol. The molecule has 0 aliphatic carbocycles. The van der Waals surface area contributed by atoms with Gasteiger partial charge in [-0.25, -0.2) is 4.79 Å². The minimum Gasteiger partial charge on any atom is -0.659 e. The molecule has 1 unspecified atom stereocenters. The molecule has 5 nitrogen and oxygen atoms in total. The van der Waals surface area contributed by atoms with Crippen molar-refractivity contribution in [3.05, 3.63) is 5.32 Å². The summed E-state index contributed by atoms with van der Waals surface area (Å²) < 4.78 is 36.4. The number of urea groups is 1. The van der Waals surface area contributed by atoms with Crippen LogP contribution in [0.3, 0.4) is 0 Å². The smallest absolute Gasteiger partial charge is 0.406 e. The fourth-order valence-corrected chi connectivity index (χ4v) is 1.84. The second-order valence-electron chi connectivity index (χ2n) is 3.66. The van der Waals surface area contributed by atoms with Crippen molar-refractivity contribution in [2.45, 2.75) is 12.2 Å². The van der Waals surface area contributed by atoms with Crippen LogP contribution in [0.15, 0.2) is 0 Å². The Kier molecular flexibility index (Phi) is 4.19. The van der Waals surface area contributed by atoms with Crippen molar-refractivity contribution in [1.82, 2.24) is 9.80 Å². The number of nitrogens with zero attached hydrogens (tertiary/aromatic N) is 3. The summed E-state index contributed by atoms with van der Waals surface area (Å²) in [6, 6.07) is -1.69. The van der Waals surface area contributed by atoms with Crippen molar-refractivity contribution in [3.8, 4) is 0 Å². The molecule has 17 heavy (non-hydrogen) atoms. The number of rotatable bonds is 1. The van der Waals surface area contributed by atoms with Gasteiger partial charge < -0.3 is 10.2 Å². The molecule has 3 amide bonds. The van der Waals surface area contributed by atoms with E-state index in [0.717, 1.165) is 4.90 Å². The zero-order valence-electron chi connectivity index (χ0n) is 8.51. The minimum atomic E-state index is -4.56. The number of hydrogen-bond acceptors (Lipinski definition) is 2. The first-order valence-electron chi connectivity index (χ1n) is 4.72. The van der Waals surface area contributed by atoms with E-state index >= 15 is 0 Å². The van der Waals surface area contributed by atoms with Gasteiger partial charge in [-0.15, -0.1) is 13.1 Å². The van der Waals surface area contributed by atoms with E-state index in [1.54, 1.807) is 0 Å². The first-order chi connectivity index (χ1) is 7.40. The Morgan fingerprint density at radius 1 is 1.35 bits per heavy atom. The second-order valence-corrected chi connectivity index (χ2v) is 3.66. The quantitative estimate of drug-likeness (QED) is 0.571. The molecule has 100 valence electrons. The van der Waals surface area contributed by atoms with Crippen LogP contribution in [0.2, 0.25) is 0 Å². The maximum absolute atomic E-state index is 12.1. The van der Waals surface area contributed by atoms with E-state index in [1.165, 1.54) is 0 Å². The molecule has 0 aromatic carbocycles. The van der Waals surface area contributed by atoms with Gasteiger partial charge in [0.05, 0.1) is 6.04 Å². The molecule has 2 rings (SSSR count). The standard InChI is InChI=1S/C8H9F3N3O2.Pt/c9-8(10,11)4-14-6(15)5-3-12-1-2-13(5)7(14)16;/h5H,1-4H2;/q-1;. The van der Waals surface area contributed by atoms with Crippen LogP contribution in [0.1, 0.15) is 0 Å². The summed E-state index contributed by atoms with van der Waals surface area (Å²) in [4.78, 5) is 24.5. The Morgan fingerprint density at radius 2 is 2.00 bits per heavy atom. The van der Waals surface area contributed by atoms with Gasteiger partial charge in [-0.3, -0.25) is 9.69 Å². The molecule has 2 heterocycles. The number of amides is 3. The molecule has 9 heteroatoms. The summed E-state index contributed by atoms with van der Waals surface area (Å²) >= 11 is 0. The summed E-state index contributed by atoms with van der Waals surface area (Å²) in [5.74, 6) is -0.800. The summed E-state index contributed by atoms with van der Waals surface area (Å²) in [5.41, 5.74) is 0. The van der Waals surface area contributed by atoms with Crippen LogP contribution in [0.25, 0.3) is 5.32 Å². The van der Waals surface area contributed by atoms with Crippen LogP contribution < -0.4 is 0 Å². The number of piperazine rings is 1. The molecule has 0 bridgehead atoms. The van der Waals surface area contributed by atoms with Crippen LogP contribution in [-0.4, -0.2) is 60.1 Å². The predicted octanol–water partition coefficient (Wildman–Crippen LogP) is 0.566. The summed E-state index contributed by atoms with van der Waals surface area (Å²) in [7, 11) is 0. The number of alkyl halides is 3. The Morgan fingerprint density at radius 3 is 2.53 bits per heavy atom. The fourth-order valence-electron chi connectivity index (χ4n) is 1.84. The van der Waals surface area contributed by atoms with E-state index in [9.17, 15) is 22.8 Å². The molecule has 2 aliphatic heterocycles. The maximum atomic E-state index is 12.1. The number of hydrogen-bond donors (Lipinski definition) is 0. The van der Waals surface area contributed by atoms with Crippen molar-refractivity contribution < 1.29 is 43.8 Å². The zero-order valence-corrected chi connectivity index (χ0v) is 10.8. The minimum absolute atomic E-state index is 0. The summed E-state index contributed by atoms with van der Waals surface area (Å²) in [6.07, 6.45) is -4.56. The first-order valence-corrected chi connectivity index (χ1v) is 4.72. The Hall–Kier alpha value is -0.622. The molecule has 0 aromatic heterocycles. The summed E-state index contributed by atoms with van der Waals surface area (Å²) in [6.45, 7) is -0.838. The third kappa shape index (κ3) is 2.80. The van der Waals surface area contributed by atoms with Crippen LogP contribution in [0.4, 0.5) is 18.0 Å². The molecule has 2 saturated heterocycles. The van der Waals surface area contributed by atoms with E-state index in [-0.39, 0.29) is 39.1 Å². The van der Waals surface area contributed by atoms with Gasteiger partial charge in [0.1, 0.15) is 6.54 Å². The van der Waals surface area contributed by atoms with Gasteiger partial charge in [-0.1, -0.05) is 0 Å². The van der Waals surface area contributed by atoms with Crippen molar-refractivity contribution in [2.75, 3.05) is 26.2 Å². The molecule has 0 saturated carbocycles. The van der Waals surface area contributed by atoms with Crippen LogP contribution in [-0.2, 0) is 25.9 Å². The van der Waals surface area contributed by atoms with E-state index < -0.39 is 30.7 Å². The topological polar surface area (TPSA) is 54.7 Å². The molecular formula is C8H9F3N3O2Pt-. The van der Waals surface area contributed by atoms with Gasteiger partial charge in [-0.2, -0.15) is 13.2 Å². The van der Waals surface area contributed by atoms with E-state index in [2.05, 4.69) is 5.32 Å². The normalized spacial score (nSPS) is 24.8. The number of halogens is 3. The van der Waals surface area contributed by atoms with Gasteiger partial charge in [0, 0.05) is 27.6 Å². The molecule has 2 aliphatic rings. The van der Waals surface area contributed by atoms with Gasteiger partial charge in [-0.05, 0) is 0 Å². The number of carbonyl (C=O) groups excluding carboxylic acids is 2. The number of imide groups is 1. The zero-order chi connectivity index (χ0) is 11.9. The van der Waals surface area contributed by atoms with Gasteiger partial charge in [0.25, 0.3) is 5.91 Å². The Bertz CT molecular complexity index is 312. The fraction of sp³-hybridized carbons (Fsp3) is 0.750. The maximum Gasteiger partial charge on any atom is 0.406 e. The SMILES string of the molecule is O=C1C2C[N-]CCN2C(=O)N1CC(F)(F)F.[Pt]. The van der Waals surface area contributed by atoms with Crippen LogP contribution in [0.5, 0.6) is 0 Å². The number of carbonyl (C=O) groups is 2. The van der Waals surface area contributed by atoms with Crippen LogP contribution in [0, 0.1) is 0 Å². The van der Waals surface area contributed by atoms with Crippen molar-refractivity contribution in [3.63, 3.8) is 0 Å². The predicted molar refractivity (Wildman–Crippen MR) is 46.8 cm³/mol. The molecule has 0 aromatic rings. The molecule has 1 atom stereocenters. The average Bonchev–Trinajstić information content (AvgIpc) is 2.43. The largest absolute Gasteiger partial charge is 0.659 e. The average molecular weight is 431 g/mol. The van der Waals surface area contributed by atoms with E-state index in [1.807, 2.05) is 0 Å². The van der Waals surface area contributed by atoms with E-state index in [0.29, 0.717) is 6.54 Å². The third-order valence-electron chi connectivity index (χ3n) is 2.54. The Labute approximate surface area is 110 Å². The molecule has 0 radical (unpaired) electrons. The third-order valence-corrected chi connectivity index (χ3v) is 2.54. The summed E-state index contributed by atoms with van der Waals surface area (Å²) in [5, 5.41) is 3.91. The Balaban J connectivity index is 0.00000144. The number of fused-ring (bicyclic) bond motifs is 1. The van der Waals surface area contributed by atoms with Gasteiger partial charge in [0.2, 0.25) is 0 Å². The second kappa shape index (κ2) is 4.94. The van der Waals surface area contributed by atoms with Crippen molar-refractivity contribution in [1.29, 1.82) is 0 Å². The van der Waals surface area contributed by atoms with Gasteiger partial charge >= 0.3 is 12.2 Å². The molecule has 0 N–H and O–H groups in total. The van der Waals surface area contributed by atoms with Crippen molar-refractivity contribution in [2.24, 2.45) is 0 Å². The monoisotopic (exact) mass is 431 g/mol. The van der Waals surface area contributed by atoms with Crippen LogP contribution >= 0.6 is 0 Å². The molecule has 0 spiro atoms. The first kappa shape index (κ1) is 14.4. The van der Waals surface area contributed by atoms with Crippen molar-refractivity contribution >= 4 is 11.9 Å². The van der Waals surface area contributed by atoms with E-state index in [4.69, 9.17) is 0 Å². The molecule has 2 fully saturated rings.